The summed E-state index contributed by atoms with van der Waals surface area (Å²) >= 11 is 3.22. The quantitative estimate of drug-likeness (QED) is 0.426. The third-order valence-corrected chi connectivity index (χ3v) is 1.52. The molecule has 0 spiro atoms. The second kappa shape index (κ2) is 4.03. The summed E-state index contributed by atoms with van der Waals surface area (Å²) in [5, 5.41) is 0. The predicted octanol–water partition coefficient (Wildman–Crippen LogP) is 2.06. The van der Waals surface area contributed by atoms with Crippen molar-refractivity contribution < 1.29 is 4.79 Å². The van der Waals surface area contributed by atoms with Gasteiger partial charge in [0, 0.05) is 0 Å². The van der Waals surface area contributed by atoms with Gasteiger partial charge < -0.3 is 0 Å². The van der Waals surface area contributed by atoms with Gasteiger partial charge in [-0.1, -0.05) is 6.07 Å². The van der Waals surface area contributed by atoms with Gasteiger partial charge in [-0.2, -0.15) is 0 Å². The van der Waals surface area contributed by atoms with E-state index < -0.39 is 0 Å². The summed E-state index contributed by atoms with van der Waals surface area (Å²) in [5.74, 6) is 0. The molecule has 2 nitrogen and oxygen atoms in total. The maximum absolute atomic E-state index is 9.94. The fourth-order valence-electron chi connectivity index (χ4n) is 0.655. The molecule has 0 amide bonds. The van der Waals surface area contributed by atoms with E-state index in [0.29, 0.717) is 0 Å². The number of carbonyl (C=O) groups excluding carboxylic acids is 1. The number of pyridine rings is 1. The molecule has 1 heterocycles. The van der Waals surface area contributed by atoms with Gasteiger partial charge in [0.05, 0.1) is 5.69 Å². The summed E-state index contributed by atoms with van der Waals surface area (Å²) in [4.78, 5) is 14.0. The van der Waals surface area contributed by atoms with E-state index >= 15 is 0 Å². The third kappa shape index (κ3) is 2.63. The molecule has 0 fully saturated rings. The number of aldehydes is 1. The van der Waals surface area contributed by atoms with Crippen LogP contribution in [0, 0.1) is 0 Å². The van der Waals surface area contributed by atoms with E-state index in [1.165, 1.54) is 6.08 Å². The van der Waals surface area contributed by atoms with E-state index in [2.05, 4.69) is 20.9 Å². The zero-order valence-electron chi connectivity index (χ0n) is 5.70. The number of nitrogens with zero attached hydrogens (tertiary/aromatic N) is 1. The molecule has 1 aromatic heterocycles. The molecule has 0 saturated carbocycles. The van der Waals surface area contributed by atoms with E-state index in [9.17, 15) is 4.79 Å². The van der Waals surface area contributed by atoms with E-state index in [-0.39, 0.29) is 0 Å². The maximum Gasteiger partial charge on any atom is 0.142 e. The van der Waals surface area contributed by atoms with Crippen molar-refractivity contribution in [2.45, 2.75) is 0 Å². The first-order valence-electron chi connectivity index (χ1n) is 3.07. The first-order valence-corrected chi connectivity index (χ1v) is 3.86. The number of aromatic nitrogens is 1. The molecule has 0 aliphatic carbocycles. The summed E-state index contributed by atoms with van der Waals surface area (Å²) in [6.07, 6.45) is 3.79. The van der Waals surface area contributed by atoms with Crippen molar-refractivity contribution in [1.29, 1.82) is 0 Å². The van der Waals surface area contributed by atoms with E-state index in [1.807, 2.05) is 18.2 Å². The van der Waals surface area contributed by atoms with Crippen molar-refractivity contribution >= 4 is 28.3 Å². The van der Waals surface area contributed by atoms with Crippen LogP contribution < -0.4 is 0 Å². The lowest BCUT2D eigenvalue weighted by atomic mass is 10.3. The minimum Gasteiger partial charge on any atom is -0.299 e. The molecule has 1 rings (SSSR count). The normalized spacial score (nSPS) is 10.3. The van der Waals surface area contributed by atoms with Crippen LogP contribution in [-0.2, 0) is 4.79 Å². The zero-order valence-corrected chi connectivity index (χ0v) is 7.28. The number of halogens is 1. The molecule has 0 unspecified atom stereocenters. The van der Waals surface area contributed by atoms with Gasteiger partial charge in [-0.25, -0.2) is 4.98 Å². The Morgan fingerprint density at radius 3 is 2.91 bits per heavy atom. The number of allylic oxidation sites excluding steroid dienone is 1. The Balaban J connectivity index is 2.87. The molecular weight excluding hydrogens is 206 g/mol. The Labute approximate surface area is 73.1 Å². The van der Waals surface area contributed by atoms with Crippen molar-refractivity contribution in [2.75, 3.05) is 0 Å². The van der Waals surface area contributed by atoms with Crippen LogP contribution in [0.25, 0.3) is 6.08 Å². The monoisotopic (exact) mass is 211 g/mol. The molecule has 0 N–H and O–H groups in total. The van der Waals surface area contributed by atoms with Crippen LogP contribution in [0.2, 0.25) is 0 Å². The van der Waals surface area contributed by atoms with Gasteiger partial charge in [-0.15, -0.1) is 0 Å². The van der Waals surface area contributed by atoms with Crippen LogP contribution in [0.5, 0.6) is 0 Å². The van der Waals surface area contributed by atoms with Crippen molar-refractivity contribution in [3.8, 4) is 0 Å². The fourth-order valence-corrected chi connectivity index (χ4v) is 1.01. The standard InChI is InChI=1S/C8H6BrNO/c9-8-5-1-3-7(10-8)4-2-6-11/h1-6H. The Morgan fingerprint density at radius 1 is 1.45 bits per heavy atom. The summed E-state index contributed by atoms with van der Waals surface area (Å²) in [7, 11) is 0. The van der Waals surface area contributed by atoms with Crippen LogP contribution in [0.3, 0.4) is 0 Å². The lowest BCUT2D eigenvalue weighted by Crippen LogP contribution is -1.79. The second-order valence-electron chi connectivity index (χ2n) is 1.88. The Bertz CT molecular complexity index is 283. The topological polar surface area (TPSA) is 30.0 Å². The highest BCUT2D eigenvalue weighted by atomic mass is 79.9. The first-order chi connectivity index (χ1) is 5.33. The van der Waals surface area contributed by atoms with Gasteiger partial charge in [0.2, 0.25) is 0 Å². The van der Waals surface area contributed by atoms with Gasteiger partial charge in [-0.05, 0) is 40.2 Å². The number of carbonyl (C=O) groups is 1. The minimum absolute atomic E-state index is 0.725. The predicted molar refractivity (Wildman–Crippen MR) is 47.0 cm³/mol. The number of rotatable bonds is 2. The summed E-state index contributed by atoms with van der Waals surface area (Å²) < 4.78 is 0.769. The van der Waals surface area contributed by atoms with Crippen LogP contribution in [0.1, 0.15) is 5.69 Å². The molecule has 0 saturated heterocycles. The third-order valence-electron chi connectivity index (χ3n) is 1.08. The SMILES string of the molecule is O=CC=Cc1cccc(Br)n1. The summed E-state index contributed by atoms with van der Waals surface area (Å²) in [6.45, 7) is 0. The summed E-state index contributed by atoms with van der Waals surface area (Å²) in [6, 6.07) is 5.52. The average molecular weight is 212 g/mol. The number of hydrogen-bond acceptors (Lipinski definition) is 2. The van der Waals surface area contributed by atoms with Crippen molar-refractivity contribution in [1.82, 2.24) is 4.98 Å². The van der Waals surface area contributed by atoms with Crippen LogP contribution in [-0.4, -0.2) is 11.3 Å². The first kappa shape index (κ1) is 8.14. The molecule has 56 valence electrons. The molecule has 0 atom stereocenters. The highest BCUT2D eigenvalue weighted by Gasteiger charge is 1.88. The lowest BCUT2D eigenvalue weighted by Gasteiger charge is -1.90. The molecule has 0 radical (unpaired) electrons. The van der Waals surface area contributed by atoms with Crippen molar-refractivity contribution in [3.63, 3.8) is 0 Å². The zero-order chi connectivity index (χ0) is 8.10. The van der Waals surface area contributed by atoms with Gasteiger partial charge in [0.15, 0.2) is 0 Å². The smallest absolute Gasteiger partial charge is 0.142 e. The molecule has 0 aliphatic heterocycles. The molecule has 3 heteroatoms. The van der Waals surface area contributed by atoms with Crippen LogP contribution in [0.15, 0.2) is 28.9 Å². The minimum atomic E-state index is 0.725. The Hall–Kier alpha value is -0.960. The van der Waals surface area contributed by atoms with E-state index in [1.54, 1.807) is 6.08 Å². The van der Waals surface area contributed by atoms with Crippen LogP contribution >= 0.6 is 15.9 Å². The highest BCUT2D eigenvalue weighted by Crippen LogP contribution is 2.06. The van der Waals surface area contributed by atoms with Crippen molar-refractivity contribution in [3.05, 3.63) is 34.6 Å². The fraction of sp³-hybridized carbons (Fsp3) is 0. The van der Waals surface area contributed by atoms with Gasteiger partial charge in [0.25, 0.3) is 0 Å². The van der Waals surface area contributed by atoms with Gasteiger partial charge >= 0.3 is 0 Å². The van der Waals surface area contributed by atoms with E-state index in [0.717, 1.165) is 16.6 Å². The Kier molecular flexibility index (Phi) is 2.98. The summed E-state index contributed by atoms with van der Waals surface area (Å²) in [5.41, 5.74) is 0.770. The lowest BCUT2D eigenvalue weighted by molar-refractivity contribution is -0.104. The van der Waals surface area contributed by atoms with Gasteiger partial charge in [-0.3, -0.25) is 4.79 Å². The van der Waals surface area contributed by atoms with Crippen molar-refractivity contribution in [2.24, 2.45) is 0 Å². The second-order valence-corrected chi connectivity index (χ2v) is 2.69. The molecule has 0 aliphatic rings. The Morgan fingerprint density at radius 2 is 2.27 bits per heavy atom. The number of hydrogen-bond donors (Lipinski definition) is 0. The van der Waals surface area contributed by atoms with E-state index in [4.69, 9.17) is 0 Å². The largest absolute Gasteiger partial charge is 0.299 e. The maximum atomic E-state index is 9.94. The molecule has 0 aromatic carbocycles. The molecular formula is C8H6BrNO. The molecule has 0 bridgehead atoms. The average Bonchev–Trinajstić information content (AvgIpc) is 2.01. The van der Waals surface area contributed by atoms with Gasteiger partial charge in [0.1, 0.15) is 10.9 Å². The van der Waals surface area contributed by atoms with Crippen LogP contribution in [0.4, 0.5) is 0 Å². The molecule has 11 heavy (non-hydrogen) atoms. The molecule has 1 aromatic rings. The highest BCUT2D eigenvalue weighted by molar-refractivity contribution is 9.10.